The number of aromatic nitrogens is 1. The smallest absolute Gasteiger partial charge is 0.323 e. The molecule has 2 heterocycles. The summed E-state index contributed by atoms with van der Waals surface area (Å²) < 4.78 is 1.66. The fraction of sp³-hybridized carbons (Fsp3) is 0.0952. The minimum Gasteiger partial charge on any atom is -0.480 e. The van der Waals surface area contributed by atoms with Crippen LogP contribution in [0.3, 0.4) is 0 Å². The lowest BCUT2D eigenvalue weighted by molar-refractivity contribution is -0.137. The van der Waals surface area contributed by atoms with Crippen LogP contribution in [-0.2, 0) is 16.1 Å². The van der Waals surface area contributed by atoms with Gasteiger partial charge in [0.2, 0.25) is 0 Å². The Bertz CT molecular complexity index is 1130. The molecule has 1 fully saturated rings. The monoisotopic (exact) mass is 391 g/mol. The second-order valence-corrected chi connectivity index (χ2v) is 6.84. The molecular formula is C21H17N3O3S. The number of para-hydroxylation sites is 2. The molecule has 140 valence electrons. The summed E-state index contributed by atoms with van der Waals surface area (Å²) in [4.78, 5) is 27.4. The number of likely N-dealkylation sites (N-methyl/N-ethyl adjacent to an activating group) is 1. The molecule has 1 amide bonds. The Morgan fingerprint density at radius 2 is 1.79 bits per heavy atom. The van der Waals surface area contributed by atoms with Gasteiger partial charge in [0.15, 0.2) is 5.11 Å². The van der Waals surface area contributed by atoms with Gasteiger partial charge < -0.3 is 14.6 Å². The van der Waals surface area contributed by atoms with Crippen molar-refractivity contribution in [1.29, 1.82) is 0 Å². The van der Waals surface area contributed by atoms with E-state index in [4.69, 9.17) is 12.2 Å². The summed E-state index contributed by atoms with van der Waals surface area (Å²) in [5.74, 6) is -1.14. The molecule has 1 N–H and O–H groups in total. The van der Waals surface area contributed by atoms with Gasteiger partial charge in [0.05, 0.1) is 5.69 Å². The molecule has 0 radical (unpaired) electrons. The second kappa shape index (κ2) is 6.94. The van der Waals surface area contributed by atoms with Gasteiger partial charge in [-0.3, -0.25) is 14.5 Å². The fourth-order valence-electron chi connectivity index (χ4n) is 3.38. The van der Waals surface area contributed by atoms with Crippen molar-refractivity contribution in [2.24, 2.45) is 0 Å². The summed E-state index contributed by atoms with van der Waals surface area (Å²) in [6.45, 7) is -0.151. The Labute approximate surface area is 166 Å². The second-order valence-electron chi connectivity index (χ2n) is 6.47. The fourth-order valence-corrected chi connectivity index (χ4v) is 3.66. The summed E-state index contributed by atoms with van der Waals surface area (Å²) in [5, 5.41) is 10.5. The zero-order valence-electron chi connectivity index (χ0n) is 15.1. The molecular weight excluding hydrogens is 374 g/mol. The first kappa shape index (κ1) is 17.9. The highest BCUT2D eigenvalue weighted by atomic mass is 32.1. The number of carboxylic acid groups (broad SMARTS) is 1. The van der Waals surface area contributed by atoms with E-state index in [1.807, 2.05) is 54.6 Å². The highest BCUT2D eigenvalue weighted by molar-refractivity contribution is 7.80. The molecule has 1 saturated heterocycles. The van der Waals surface area contributed by atoms with Gasteiger partial charge in [0, 0.05) is 29.7 Å². The molecule has 1 aliphatic rings. The number of hydrogen-bond donors (Lipinski definition) is 1. The number of rotatable bonds is 4. The average Bonchev–Trinajstić information content (AvgIpc) is 3.13. The average molecular weight is 391 g/mol. The van der Waals surface area contributed by atoms with Crippen LogP contribution in [0.1, 0.15) is 5.56 Å². The summed E-state index contributed by atoms with van der Waals surface area (Å²) >= 11 is 5.48. The molecule has 2 aromatic carbocycles. The molecule has 3 aromatic rings. The molecule has 0 unspecified atom stereocenters. The maximum Gasteiger partial charge on any atom is 0.323 e. The lowest BCUT2D eigenvalue weighted by Crippen LogP contribution is -2.30. The van der Waals surface area contributed by atoms with E-state index in [0.717, 1.165) is 16.5 Å². The molecule has 28 heavy (non-hydrogen) atoms. The van der Waals surface area contributed by atoms with Gasteiger partial charge >= 0.3 is 5.97 Å². The topological polar surface area (TPSA) is 65.8 Å². The third-order valence-electron chi connectivity index (χ3n) is 4.69. The first-order valence-electron chi connectivity index (χ1n) is 8.66. The predicted molar refractivity (Wildman–Crippen MR) is 112 cm³/mol. The van der Waals surface area contributed by atoms with Crippen LogP contribution in [0.4, 0.5) is 5.69 Å². The number of thiocarbonyl (C=S) groups is 1. The lowest BCUT2D eigenvalue weighted by Gasteiger charge is -2.16. The van der Waals surface area contributed by atoms with Crippen molar-refractivity contribution >= 4 is 51.9 Å². The van der Waals surface area contributed by atoms with Crippen molar-refractivity contribution in [3.63, 3.8) is 0 Å². The van der Waals surface area contributed by atoms with Crippen LogP contribution in [0.5, 0.6) is 0 Å². The van der Waals surface area contributed by atoms with Gasteiger partial charge in [-0.15, -0.1) is 0 Å². The van der Waals surface area contributed by atoms with E-state index < -0.39 is 5.97 Å². The van der Waals surface area contributed by atoms with Crippen molar-refractivity contribution in [2.75, 3.05) is 11.9 Å². The van der Waals surface area contributed by atoms with Gasteiger partial charge in [-0.25, -0.2) is 0 Å². The maximum atomic E-state index is 13.1. The molecule has 0 aliphatic carbocycles. The molecule has 1 aromatic heterocycles. The van der Waals surface area contributed by atoms with E-state index in [9.17, 15) is 14.7 Å². The zero-order chi connectivity index (χ0) is 19.8. The number of carbonyl (C=O) groups excluding carboxylic acids is 1. The molecule has 6 nitrogen and oxygen atoms in total. The molecule has 0 bridgehead atoms. The number of carbonyl (C=O) groups is 2. The molecule has 0 saturated carbocycles. The normalized spacial score (nSPS) is 15.8. The number of aliphatic carboxylic acids is 1. The van der Waals surface area contributed by atoms with Gasteiger partial charge in [-0.05, 0) is 36.5 Å². The number of fused-ring (bicyclic) bond motifs is 1. The van der Waals surface area contributed by atoms with Crippen LogP contribution in [0.15, 0.2) is 66.5 Å². The molecule has 4 rings (SSSR count). The maximum absolute atomic E-state index is 13.1. The van der Waals surface area contributed by atoms with Crippen molar-refractivity contribution < 1.29 is 14.7 Å². The number of nitrogens with zero attached hydrogens (tertiary/aromatic N) is 3. The van der Waals surface area contributed by atoms with Gasteiger partial charge in [-0.1, -0.05) is 36.4 Å². The third-order valence-corrected chi connectivity index (χ3v) is 5.15. The Hall–Kier alpha value is -3.45. The predicted octanol–water partition coefficient (Wildman–Crippen LogP) is 3.33. The van der Waals surface area contributed by atoms with E-state index in [-0.39, 0.29) is 12.5 Å². The Morgan fingerprint density at radius 3 is 2.50 bits per heavy atom. The summed E-state index contributed by atoms with van der Waals surface area (Å²) in [6.07, 6.45) is 3.51. The molecule has 0 atom stereocenters. The van der Waals surface area contributed by atoms with Crippen molar-refractivity contribution in [1.82, 2.24) is 9.47 Å². The number of amides is 1. The van der Waals surface area contributed by atoms with E-state index >= 15 is 0 Å². The van der Waals surface area contributed by atoms with Crippen LogP contribution in [0.25, 0.3) is 17.0 Å². The van der Waals surface area contributed by atoms with Crippen LogP contribution < -0.4 is 4.90 Å². The van der Waals surface area contributed by atoms with E-state index in [1.165, 1.54) is 4.90 Å². The molecule has 0 spiro atoms. The Morgan fingerprint density at radius 1 is 1.11 bits per heavy atom. The van der Waals surface area contributed by atoms with E-state index in [2.05, 4.69) is 0 Å². The SMILES string of the molecule is CN1C(=S)N(c2ccccc2)C(=O)/C1=C/c1cn(CC(=O)O)c2ccccc12. The summed E-state index contributed by atoms with van der Waals surface area (Å²) in [5.41, 5.74) is 2.71. The zero-order valence-corrected chi connectivity index (χ0v) is 15.9. The van der Waals surface area contributed by atoms with Gasteiger partial charge in [0.1, 0.15) is 12.2 Å². The van der Waals surface area contributed by atoms with Crippen molar-refractivity contribution in [3.05, 3.63) is 72.1 Å². The third kappa shape index (κ3) is 2.95. The van der Waals surface area contributed by atoms with Crippen molar-refractivity contribution in [2.45, 2.75) is 6.54 Å². The molecule has 1 aliphatic heterocycles. The minimum absolute atomic E-state index is 0.151. The first-order chi connectivity index (χ1) is 13.5. The largest absolute Gasteiger partial charge is 0.480 e. The highest BCUT2D eigenvalue weighted by Gasteiger charge is 2.36. The van der Waals surface area contributed by atoms with Gasteiger partial charge in [0.25, 0.3) is 5.91 Å². The van der Waals surface area contributed by atoms with Gasteiger partial charge in [-0.2, -0.15) is 0 Å². The number of benzene rings is 2. The lowest BCUT2D eigenvalue weighted by atomic mass is 10.1. The highest BCUT2D eigenvalue weighted by Crippen LogP contribution is 2.30. The quantitative estimate of drug-likeness (QED) is 0.546. The van der Waals surface area contributed by atoms with Crippen LogP contribution in [0.2, 0.25) is 0 Å². The minimum atomic E-state index is -0.926. The van der Waals surface area contributed by atoms with Crippen LogP contribution >= 0.6 is 12.2 Å². The van der Waals surface area contributed by atoms with Crippen LogP contribution in [0, 0.1) is 0 Å². The first-order valence-corrected chi connectivity index (χ1v) is 9.07. The van der Waals surface area contributed by atoms with E-state index in [1.54, 1.807) is 28.8 Å². The Kier molecular flexibility index (Phi) is 4.44. The number of carboxylic acids is 1. The summed E-state index contributed by atoms with van der Waals surface area (Å²) in [6, 6.07) is 16.8. The number of hydrogen-bond acceptors (Lipinski definition) is 3. The van der Waals surface area contributed by atoms with E-state index in [0.29, 0.717) is 16.5 Å². The van der Waals surface area contributed by atoms with Crippen LogP contribution in [-0.4, -0.2) is 38.6 Å². The standard InChI is InChI=1S/C21H17N3O3S/c1-22-18(20(27)24(21(22)28)15-7-3-2-4-8-15)11-14-12-23(13-19(25)26)17-10-6-5-9-16(14)17/h2-12H,13H2,1H3,(H,25,26)/b18-11-. The molecule has 7 heteroatoms. The Balaban J connectivity index is 1.80. The van der Waals surface area contributed by atoms with Crippen molar-refractivity contribution in [3.8, 4) is 0 Å². The number of anilines is 1. The summed E-state index contributed by atoms with van der Waals surface area (Å²) in [7, 11) is 1.76.